The van der Waals surface area contributed by atoms with Crippen molar-refractivity contribution in [3.05, 3.63) is 89.2 Å². The zero-order valence-electron chi connectivity index (χ0n) is 21.1. The first-order chi connectivity index (χ1) is 17.9. The summed E-state index contributed by atoms with van der Waals surface area (Å²) >= 11 is 0. The van der Waals surface area contributed by atoms with E-state index in [2.05, 4.69) is 5.32 Å². The third-order valence-corrected chi connectivity index (χ3v) is 6.72. The molecule has 194 valence electrons. The number of amides is 2. The van der Waals surface area contributed by atoms with E-state index in [-0.39, 0.29) is 23.9 Å². The number of nitrogens with zero attached hydrogens (tertiary/aromatic N) is 1. The molecule has 8 heteroatoms. The molecule has 1 aliphatic carbocycles. The highest BCUT2D eigenvalue weighted by molar-refractivity contribution is 6.04. The lowest BCUT2D eigenvalue weighted by Crippen LogP contribution is -2.43. The normalized spacial score (nSPS) is 17.1. The van der Waals surface area contributed by atoms with Gasteiger partial charge in [-0.1, -0.05) is 12.1 Å². The number of halogens is 1. The Labute approximate surface area is 216 Å². The largest absolute Gasteiger partial charge is 0.493 e. The molecule has 1 fully saturated rings. The maximum atomic E-state index is 13.8. The summed E-state index contributed by atoms with van der Waals surface area (Å²) < 4.78 is 23.9. The number of hydrogen-bond donors (Lipinski definition) is 2. The van der Waals surface area contributed by atoms with Gasteiger partial charge in [-0.05, 0) is 85.8 Å². The van der Waals surface area contributed by atoms with Crippen LogP contribution in [0.25, 0.3) is 0 Å². The SMILES string of the molecule is COc1ccc(C(=O)N(Cc2cccc(NC(=O)c3ccc(F)cc3)c2)C2CCC(N)CC2)cc1OC. The lowest BCUT2D eigenvalue weighted by Gasteiger charge is -2.36. The zero-order chi connectivity index (χ0) is 26.4. The van der Waals surface area contributed by atoms with Crippen LogP contribution in [0.15, 0.2) is 66.7 Å². The van der Waals surface area contributed by atoms with Crippen molar-refractivity contribution in [1.29, 1.82) is 0 Å². The second-order valence-electron chi connectivity index (χ2n) is 9.23. The second-order valence-corrected chi connectivity index (χ2v) is 9.23. The predicted molar refractivity (Wildman–Crippen MR) is 140 cm³/mol. The van der Waals surface area contributed by atoms with Crippen molar-refractivity contribution < 1.29 is 23.5 Å². The van der Waals surface area contributed by atoms with Gasteiger partial charge >= 0.3 is 0 Å². The number of carbonyl (C=O) groups excluding carboxylic acids is 2. The van der Waals surface area contributed by atoms with Crippen LogP contribution in [-0.4, -0.2) is 43.0 Å². The van der Waals surface area contributed by atoms with E-state index in [1.54, 1.807) is 31.4 Å². The summed E-state index contributed by atoms with van der Waals surface area (Å²) in [5.74, 6) is 0.198. The van der Waals surface area contributed by atoms with E-state index in [9.17, 15) is 14.0 Å². The summed E-state index contributed by atoms with van der Waals surface area (Å²) in [7, 11) is 3.09. The molecule has 1 aliphatic rings. The van der Waals surface area contributed by atoms with Gasteiger partial charge in [-0.25, -0.2) is 4.39 Å². The monoisotopic (exact) mass is 505 g/mol. The molecule has 1 saturated carbocycles. The van der Waals surface area contributed by atoms with E-state index in [1.165, 1.54) is 31.4 Å². The molecular weight excluding hydrogens is 473 g/mol. The van der Waals surface area contributed by atoms with Crippen molar-refractivity contribution in [1.82, 2.24) is 4.90 Å². The lowest BCUT2D eigenvalue weighted by atomic mass is 9.90. The van der Waals surface area contributed by atoms with Crippen molar-refractivity contribution in [2.45, 2.75) is 44.3 Å². The number of anilines is 1. The lowest BCUT2D eigenvalue weighted by molar-refractivity contribution is 0.0606. The van der Waals surface area contributed by atoms with Gasteiger partial charge in [-0.15, -0.1) is 0 Å². The van der Waals surface area contributed by atoms with E-state index >= 15 is 0 Å². The Hall–Kier alpha value is -3.91. The minimum atomic E-state index is -0.401. The van der Waals surface area contributed by atoms with E-state index in [1.807, 2.05) is 23.1 Å². The van der Waals surface area contributed by atoms with E-state index in [0.717, 1.165) is 31.2 Å². The van der Waals surface area contributed by atoms with Crippen molar-refractivity contribution in [2.24, 2.45) is 5.73 Å². The summed E-state index contributed by atoms with van der Waals surface area (Å²) in [5.41, 5.74) is 8.47. The molecule has 0 unspecified atom stereocenters. The first-order valence-electron chi connectivity index (χ1n) is 12.3. The average Bonchev–Trinajstić information content (AvgIpc) is 2.92. The summed E-state index contributed by atoms with van der Waals surface area (Å²) in [6.45, 7) is 0.368. The molecule has 0 aromatic heterocycles. The highest BCUT2D eigenvalue weighted by Crippen LogP contribution is 2.31. The van der Waals surface area contributed by atoms with E-state index < -0.39 is 5.82 Å². The molecule has 2 amide bonds. The van der Waals surface area contributed by atoms with Crippen LogP contribution >= 0.6 is 0 Å². The van der Waals surface area contributed by atoms with Crippen LogP contribution in [0.4, 0.5) is 10.1 Å². The predicted octanol–water partition coefficient (Wildman–Crippen LogP) is 5.01. The average molecular weight is 506 g/mol. The minimum Gasteiger partial charge on any atom is -0.493 e. The molecule has 0 atom stereocenters. The van der Waals surface area contributed by atoms with Gasteiger partial charge in [0.2, 0.25) is 0 Å². The number of methoxy groups -OCH3 is 2. The maximum Gasteiger partial charge on any atom is 0.255 e. The standard InChI is InChI=1S/C29H32FN3O4/c1-36-26-15-8-21(17-27(26)37-2)29(35)33(25-13-11-23(31)12-14-25)18-19-4-3-5-24(16-19)32-28(34)20-6-9-22(30)10-7-20/h3-10,15-17,23,25H,11-14,18,31H2,1-2H3,(H,32,34). The maximum absolute atomic E-state index is 13.8. The van der Waals surface area contributed by atoms with Gasteiger partial charge in [0, 0.05) is 35.4 Å². The number of benzene rings is 3. The number of carbonyl (C=O) groups is 2. The van der Waals surface area contributed by atoms with Gasteiger partial charge in [0.25, 0.3) is 11.8 Å². The number of ether oxygens (including phenoxy) is 2. The molecule has 0 heterocycles. The zero-order valence-corrected chi connectivity index (χ0v) is 21.1. The summed E-state index contributed by atoms with van der Waals surface area (Å²) in [4.78, 5) is 28.3. The molecule has 0 bridgehead atoms. The first-order valence-corrected chi connectivity index (χ1v) is 12.3. The summed E-state index contributed by atoms with van der Waals surface area (Å²) in [6, 6.07) is 18.1. The Bertz CT molecular complexity index is 1240. The van der Waals surface area contributed by atoms with Crippen molar-refractivity contribution in [3.8, 4) is 11.5 Å². The molecule has 3 aromatic carbocycles. The molecule has 3 aromatic rings. The molecule has 3 N–H and O–H groups in total. The molecule has 0 saturated heterocycles. The highest BCUT2D eigenvalue weighted by Gasteiger charge is 2.29. The van der Waals surface area contributed by atoms with Crippen molar-refractivity contribution in [2.75, 3.05) is 19.5 Å². The van der Waals surface area contributed by atoms with Crippen LogP contribution in [0.2, 0.25) is 0 Å². The Morgan fingerprint density at radius 3 is 2.27 bits per heavy atom. The molecule has 0 radical (unpaired) electrons. The van der Waals surface area contributed by atoms with Gasteiger partial charge in [-0.2, -0.15) is 0 Å². The highest BCUT2D eigenvalue weighted by atomic mass is 19.1. The molecule has 0 aliphatic heterocycles. The fraction of sp³-hybridized carbons (Fsp3) is 0.310. The second kappa shape index (κ2) is 11.9. The van der Waals surface area contributed by atoms with Gasteiger partial charge < -0.3 is 25.4 Å². The number of nitrogens with one attached hydrogen (secondary N) is 1. The van der Waals surface area contributed by atoms with E-state index in [4.69, 9.17) is 15.2 Å². The first kappa shape index (κ1) is 26.2. The fourth-order valence-corrected chi connectivity index (χ4v) is 4.66. The van der Waals surface area contributed by atoms with Crippen LogP contribution in [0, 0.1) is 5.82 Å². The number of rotatable bonds is 8. The van der Waals surface area contributed by atoms with Crippen molar-refractivity contribution in [3.63, 3.8) is 0 Å². The third kappa shape index (κ3) is 6.46. The van der Waals surface area contributed by atoms with Crippen LogP contribution in [0.5, 0.6) is 11.5 Å². The van der Waals surface area contributed by atoms with Crippen LogP contribution in [-0.2, 0) is 6.54 Å². The van der Waals surface area contributed by atoms with Gasteiger partial charge in [-0.3, -0.25) is 9.59 Å². The summed E-state index contributed by atoms with van der Waals surface area (Å²) in [6.07, 6.45) is 3.35. The molecular formula is C29H32FN3O4. The molecule has 7 nitrogen and oxygen atoms in total. The van der Waals surface area contributed by atoms with Gasteiger partial charge in [0.05, 0.1) is 14.2 Å². The fourth-order valence-electron chi connectivity index (χ4n) is 4.66. The Morgan fingerprint density at radius 1 is 0.919 bits per heavy atom. The van der Waals surface area contributed by atoms with Crippen LogP contribution in [0.1, 0.15) is 52.0 Å². The van der Waals surface area contributed by atoms with E-state index in [0.29, 0.717) is 34.9 Å². The Morgan fingerprint density at radius 2 is 1.59 bits per heavy atom. The molecule has 37 heavy (non-hydrogen) atoms. The Kier molecular flexibility index (Phi) is 8.40. The smallest absolute Gasteiger partial charge is 0.255 e. The van der Waals surface area contributed by atoms with Crippen LogP contribution < -0.4 is 20.5 Å². The number of hydrogen-bond acceptors (Lipinski definition) is 5. The Balaban J connectivity index is 1.57. The van der Waals surface area contributed by atoms with Gasteiger partial charge in [0.15, 0.2) is 11.5 Å². The summed E-state index contributed by atoms with van der Waals surface area (Å²) in [5, 5.41) is 2.85. The molecule has 4 rings (SSSR count). The molecule has 0 spiro atoms. The van der Waals surface area contributed by atoms with Crippen molar-refractivity contribution >= 4 is 17.5 Å². The van der Waals surface area contributed by atoms with Gasteiger partial charge in [0.1, 0.15) is 5.82 Å². The quantitative estimate of drug-likeness (QED) is 0.449. The minimum absolute atomic E-state index is 0.0397. The topological polar surface area (TPSA) is 93.9 Å². The third-order valence-electron chi connectivity index (χ3n) is 6.72. The number of nitrogens with two attached hydrogens (primary N) is 1. The van der Waals surface area contributed by atoms with Crippen LogP contribution in [0.3, 0.4) is 0 Å².